The van der Waals surface area contributed by atoms with E-state index in [2.05, 4.69) is 6.92 Å². The Bertz CT molecular complexity index is 256. The van der Waals surface area contributed by atoms with Gasteiger partial charge in [0.05, 0.1) is 12.2 Å². The average molecular weight is 164 g/mol. The van der Waals surface area contributed by atoms with E-state index >= 15 is 0 Å². The van der Waals surface area contributed by atoms with Crippen LogP contribution in [0.1, 0.15) is 32.6 Å². The highest BCUT2D eigenvalue weighted by atomic mass is 16.6. The third-order valence-corrected chi connectivity index (χ3v) is 5.35. The van der Waals surface area contributed by atoms with Gasteiger partial charge in [-0.3, -0.25) is 0 Å². The van der Waals surface area contributed by atoms with Gasteiger partial charge in [0.15, 0.2) is 0 Å². The maximum atomic E-state index is 5.66. The van der Waals surface area contributed by atoms with E-state index in [1.165, 1.54) is 25.7 Å². The van der Waals surface area contributed by atoms with Gasteiger partial charge in [-0.2, -0.15) is 0 Å². The zero-order valence-electron chi connectivity index (χ0n) is 7.68. The smallest absolute Gasteiger partial charge is 0.0957 e. The van der Waals surface area contributed by atoms with Gasteiger partial charge >= 0.3 is 0 Å². The van der Waals surface area contributed by atoms with E-state index in [0.29, 0.717) is 5.60 Å². The van der Waals surface area contributed by atoms with E-state index in [1.54, 1.807) is 0 Å². The van der Waals surface area contributed by atoms with Crippen molar-refractivity contribution >= 4 is 0 Å². The molecule has 1 spiro atoms. The van der Waals surface area contributed by atoms with Gasteiger partial charge in [0.2, 0.25) is 0 Å². The van der Waals surface area contributed by atoms with Crippen molar-refractivity contribution in [1.82, 2.24) is 0 Å². The first-order valence-corrected chi connectivity index (χ1v) is 5.39. The van der Waals surface area contributed by atoms with E-state index in [0.717, 1.165) is 29.8 Å². The van der Waals surface area contributed by atoms with Crippen molar-refractivity contribution < 1.29 is 4.74 Å². The summed E-state index contributed by atoms with van der Waals surface area (Å²) in [7, 11) is 0. The Morgan fingerprint density at radius 1 is 1.33 bits per heavy atom. The van der Waals surface area contributed by atoms with Crippen LogP contribution in [-0.2, 0) is 4.74 Å². The molecule has 0 amide bonds. The molecule has 0 aromatic carbocycles. The van der Waals surface area contributed by atoms with Crippen LogP contribution in [0.3, 0.4) is 0 Å². The summed E-state index contributed by atoms with van der Waals surface area (Å²) >= 11 is 0. The lowest BCUT2D eigenvalue weighted by atomic mass is 9.49. The van der Waals surface area contributed by atoms with E-state index in [1.807, 2.05) is 0 Å². The molecule has 4 rings (SSSR count). The first-order chi connectivity index (χ1) is 5.75. The van der Waals surface area contributed by atoms with Crippen LogP contribution >= 0.6 is 0 Å². The summed E-state index contributed by atoms with van der Waals surface area (Å²) in [5, 5.41) is 0. The van der Waals surface area contributed by atoms with Crippen molar-refractivity contribution in [3.8, 4) is 0 Å². The van der Waals surface area contributed by atoms with Crippen molar-refractivity contribution in [1.29, 1.82) is 0 Å². The van der Waals surface area contributed by atoms with Gasteiger partial charge in [-0.15, -0.1) is 0 Å². The van der Waals surface area contributed by atoms with Gasteiger partial charge in [-0.1, -0.05) is 6.92 Å². The third kappa shape index (κ3) is 0.454. The van der Waals surface area contributed by atoms with Gasteiger partial charge in [0, 0.05) is 0 Å². The molecule has 4 fully saturated rings. The van der Waals surface area contributed by atoms with E-state index in [9.17, 15) is 0 Å². The topological polar surface area (TPSA) is 12.5 Å². The molecule has 0 aromatic heterocycles. The van der Waals surface area contributed by atoms with E-state index in [4.69, 9.17) is 4.74 Å². The van der Waals surface area contributed by atoms with Gasteiger partial charge in [0.1, 0.15) is 0 Å². The second kappa shape index (κ2) is 1.50. The van der Waals surface area contributed by atoms with Crippen LogP contribution in [0.2, 0.25) is 0 Å². The van der Waals surface area contributed by atoms with Crippen LogP contribution in [0.5, 0.6) is 0 Å². The summed E-state index contributed by atoms with van der Waals surface area (Å²) in [5.74, 6) is 3.10. The lowest BCUT2D eigenvalue weighted by Gasteiger charge is -2.55. The molecule has 2 bridgehead atoms. The molecule has 1 aliphatic heterocycles. The first-order valence-electron chi connectivity index (χ1n) is 5.39. The molecule has 5 atom stereocenters. The summed E-state index contributed by atoms with van der Waals surface area (Å²) in [6.07, 6.45) is 5.96. The largest absolute Gasteiger partial charge is 0.369 e. The highest BCUT2D eigenvalue weighted by molar-refractivity contribution is 5.24. The fraction of sp³-hybridized carbons (Fsp3) is 1.00. The van der Waals surface area contributed by atoms with E-state index in [-0.39, 0.29) is 0 Å². The third-order valence-electron chi connectivity index (χ3n) is 5.35. The Balaban J connectivity index is 1.79. The number of rotatable bonds is 0. The Morgan fingerprint density at radius 2 is 2.17 bits per heavy atom. The lowest BCUT2D eigenvalue weighted by Crippen LogP contribution is -2.55. The second-order valence-electron chi connectivity index (χ2n) is 5.78. The molecular weight excluding hydrogens is 148 g/mol. The minimum Gasteiger partial charge on any atom is -0.369 e. The SMILES string of the molecule is CC12CC3(CO3)C1C1CCC2C1. The van der Waals surface area contributed by atoms with Gasteiger partial charge < -0.3 is 4.74 Å². The quantitative estimate of drug-likeness (QED) is 0.500. The molecule has 12 heavy (non-hydrogen) atoms. The van der Waals surface area contributed by atoms with Crippen LogP contribution in [0.25, 0.3) is 0 Å². The molecule has 3 saturated carbocycles. The number of hydrogen-bond acceptors (Lipinski definition) is 1. The molecule has 66 valence electrons. The van der Waals surface area contributed by atoms with Crippen molar-refractivity contribution in [2.75, 3.05) is 6.61 Å². The predicted molar refractivity (Wildman–Crippen MR) is 45.7 cm³/mol. The fourth-order valence-corrected chi connectivity index (χ4v) is 4.99. The molecule has 0 N–H and O–H groups in total. The Labute approximate surface area is 73.5 Å². The summed E-state index contributed by atoms with van der Waals surface area (Å²) in [6, 6.07) is 0. The van der Waals surface area contributed by atoms with Crippen molar-refractivity contribution in [3.63, 3.8) is 0 Å². The average Bonchev–Trinajstić information content (AvgIpc) is 2.57. The maximum Gasteiger partial charge on any atom is 0.0957 e. The van der Waals surface area contributed by atoms with Gasteiger partial charge in [-0.05, 0) is 48.9 Å². The molecule has 1 saturated heterocycles. The molecule has 1 heterocycles. The summed E-state index contributed by atoms with van der Waals surface area (Å²) < 4.78 is 5.66. The predicted octanol–water partition coefficient (Wildman–Crippen LogP) is 2.21. The minimum absolute atomic E-state index is 0.439. The summed E-state index contributed by atoms with van der Waals surface area (Å²) in [4.78, 5) is 0. The Morgan fingerprint density at radius 3 is 2.83 bits per heavy atom. The number of ether oxygens (including phenoxy) is 1. The molecular formula is C11H16O. The summed E-state index contributed by atoms with van der Waals surface area (Å²) in [6.45, 7) is 3.62. The zero-order chi connectivity index (χ0) is 7.97. The number of hydrogen-bond donors (Lipinski definition) is 0. The van der Waals surface area contributed by atoms with Crippen molar-refractivity contribution in [3.05, 3.63) is 0 Å². The maximum absolute atomic E-state index is 5.66. The molecule has 0 aromatic rings. The number of epoxide rings is 1. The lowest BCUT2D eigenvalue weighted by molar-refractivity contribution is -0.0910. The molecule has 3 aliphatic carbocycles. The normalized spacial score (nSPS) is 71.2. The first kappa shape index (κ1) is 6.42. The van der Waals surface area contributed by atoms with Crippen LogP contribution in [0.15, 0.2) is 0 Å². The van der Waals surface area contributed by atoms with Crippen LogP contribution < -0.4 is 0 Å². The molecule has 0 radical (unpaired) electrons. The number of fused-ring (bicyclic) bond motifs is 6. The highest BCUT2D eigenvalue weighted by Gasteiger charge is 2.76. The van der Waals surface area contributed by atoms with Crippen LogP contribution in [0, 0.1) is 23.2 Å². The fourth-order valence-electron chi connectivity index (χ4n) is 4.99. The van der Waals surface area contributed by atoms with Crippen molar-refractivity contribution in [2.24, 2.45) is 23.2 Å². The van der Waals surface area contributed by atoms with Crippen LogP contribution in [0.4, 0.5) is 0 Å². The monoisotopic (exact) mass is 164 g/mol. The molecule has 5 unspecified atom stereocenters. The molecule has 4 aliphatic rings. The van der Waals surface area contributed by atoms with Crippen LogP contribution in [-0.4, -0.2) is 12.2 Å². The zero-order valence-corrected chi connectivity index (χ0v) is 7.68. The Hall–Kier alpha value is -0.0400. The minimum atomic E-state index is 0.439. The van der Waals surface area contributed by atoms with Gasteiger partial charge in [0.25, 0.3) is 0 Å². The van der Waals surface area contributed by atoms with E-state index < -0.39 is 0 Å². The second-order valence-corrected chi connectivity index (χ2v) is 5.78. The highest BCUT2D eigenvalue weighted by Crippen LogP contribution is 2.76. The Kier molecular flexibility index (Phi) is 0.800. The van der Waals surface area contributed by atoms with Gasteiger partial charge in [-0.25, -0.2) is 0 Å². The molecule has 1 heteroatoms. The molecule has 1 nitrogen and oxygen atoms in total. The van der Waals surface area contributed by atoms with Crippen molar-refractivity contribution in [2.45, 2.75) is 38.2 Å². The summed E-state index contributed by atoms with van der Waals surface area (Å²) in [5.41, 5.74) is 1.16. The standard InChI is InChI=1S/C11H16O/c1-10-5-11(6-12-11)9(10)7-2-3-8(10)4-7/h7-9H,2-6H2,1H3.